The van der Waals surface area contributed by atoms with E-state index in [9.17, 15) is 9.59 Å². The van der Waals surface area contributed by atoms with E-state index >= 15 is 4.39 Å². The highest BCUT2D eigenvalue weighted by atomic mass is 35.5. The first-order valence-electron chi connectivity index (χ1n) is 14.3. The fraction of sp³-hybridized carbons (Fsp3) is 0.364. The van der Waals surface area contributed by atoms with Crippen molar-refractivity contribution in [2.45, 2.75) is 37.3 Å². The topological polar surface area (TPSA) is 74.2 Å². The first-order chi connectivity index (χ1) is 21.2. The van der Waals surface area contributed by atoms with Crippen molar-refractivity contribution in [2.75, 3.05) is 49.5 Å². The van der Waals surface area contributed by atoms with Gasteiger partial charge in [0.05, 0.1) is 35.1 Å². The lowest BCUT2D eigenvalue weighted by atomic mass is 9.89. The van der Waals surface area contributed by atoms with Crippen molar-refractivity contribution in [1.29, 1.82) is 0 Å². The van der Waals surface area contributed by atoms with Crippen molar-refractivity contribution in [3.63, 3.8) is 0 Å². The lowest BCUT2D eigenvalue weighted by Gasteiger charge is -2.32. The fourth-order valence-corrected chi connectivity index (χ4v) is 6.70. The minimum absolute atomic E-state index is 0.0210. The number of halogens is 3. The molecule has 2 unspecified atom stereocenters. The van der Waals surface area contributed by atoms with E-state index in [0.29, 0.717) is 53.5 Å². The van der Waals surface area contributed by atoms with Crippen LogP contribution < -0.4 is 10.2 Å². The quantitative estimate of drug-likeness (QED) is 0.115. The van der Waals surface area contributed by atoms with Crippen LogP contribution in [0.2, 0.25) is 10.0 Å². The number of benzene rings is 3. The fourth-order valence-electron chi connectivity index (χ4n) is 5.91. The molecule has 0 aliphatic carbocycles. The van der Waals surface area contributed by atoms with Gasteiger partial charge in [-0.25, -0.2) is 9.18 Å². The number of amides is 1. The number of ether oxygens (including phenoxy) is 1. The third kappa shape index (κ3) is 7.93. The zero-order valence-electron chi connectivity index (χ0n) is 25.1. The number of nitrogens with one attached hydrogen (secondary N) is 1. The predicted octanol–water partition coefficient (Wildman–Crippen LogP) is 7.70. The van der Waals surface area contributed by atoms with Crippen LogP contribution in [0.5, 0.6) is 0 Å². The second-order valence-electron chi connectivity index (χ2n) is 10.7. The van der Waals surface area contributed by atoms with E-state index in [4.69, 9.17) is 27.9 Å². The minimum Gasteiger partial charge on any atom is -0.465 e. The Morgan fingerprint density at radius 1 is 1.18 bits per heavy atom. The van der Waals surface area contributed by atoms with Gasteiger partial charge in [0.15, 0.2) is 0 Å². The second kappa shape index (κ2) is 15.8. The Hall–Kier alpha value is -3.11. The van der Waals surface area contributed by atoms with Crippen LogP contribution in [-0.4, -0.2) is 74.8 Å². The molecule has 3 aromatic rings. The van der Waals surface area contributed by atoms with E-state index in [-0.39, 0.29) is 17.0 Å². The number of aliphatic imine (C=N–C) groups is 1. The van der Waals surface area contributed by atoms with Gasteiger partial charge >= 0.3 is 5.97 Å². The van der Waals surface area contributed by atoms with E-state index in [1.54, 1.807) is 60.3 Å². The van der Waals surface area contributed by atoms with Gasteiger partial charge in [0, 0.05) is 42.8 Å². The highest BCUT2D eigenvalue weighted by molar-refractivity contribution is 7.98. The van der Waals surface area contributed by atoms with Crippen LogP contribution in [0.3, 0.4) is 0 Å². The summed E-state index contributed by atoms with van der Waals surface area (Å²) in [6.07, 6.45) is 4.20. The summed E-state index contributed by atoms with van der Waals surface area (Å²) in [5.41, 5.74) is 2.79. The second-order valence-corrected chi connectivity index (χ2v) is 12.6. The number of hydrogen-bond donors (Lipinski definition) is 1. The maximum absolute atomic E-state index is 15.5. The van der Waals surface area contributed by atoms with Gasteiger partial charge in [-0.3, -0.25) is 14.7 Å². The Kier molecular flexibility index (Phi) is 12.1. The maximum atomic E-state index is 15.5. The SMILES string of the molecule is C=Nc1cc(C(=O)OC)ccc1N(C)CC[C@H]1CC(c2cccc(Cl)c2F)C(C(=O)Nc2cccc(Cl)c2)N1CCCSC. The van der Waals surface area contributed by atoms with Gasteiger partial charge in [-0.15, -0.1) is 0 Å². The van der Waals surface area contributed by atoms with Crippen LogP contribution in [0.15, 0.2) is 65.7 Å². The molecule has 1 N–H and O–H groups in total. The van der Waals surface area contributed by atoms with E-state index in [0.717, 1.165) is 17.9 Å². The molecule has 1 aliphatic rings. The normalized spacial score (nSPS) is 18.2. The molecule has 1 aliphatic heterocycles. The Labute approximate surface area is 272 Å². The Bertz CT molecular complexity index is 1490. The molecule has 11 heteroatoms. The molecule has 1 fully saturated rings. The number of anilines is 2. The van der Waals surface area contributed by atoms with Crippen molar-refractivity contribution >= 4 is 70.6 Å². The number of likely N-dealkylation sites (tertiary alicyclic amines) is 1. The number of hydrogen-bond acceptors (Lipinski definition) is 7. The summed E-state index contributed by atoms with van der Waals surface area (Å²) in [5, 5.41) is 3.58. The number of nitrogens with zero attached hydrogens (tertiary/aromatic N) is 3. The maximum Gasteiger partial charge on any atom is 0.337 e. The van der Waals surface area contributed by atoms with Crippen LogP contribution in [0.4, 0.5) is 21.5 Å². The van der Waals surface area contributed by atoms with Gasteiger partial charge < -0.3 is 15.0 Å². The van der Waals surface area contributed by atoms with E-state index in [1.165, 1.54) is 13.2 Å². The van der Waals surface area contributed by atoms with Gasteiger partial charge in [-0.05, 0) is 86.0 Å². The van der Waals surface area contributed by atoms with Crippen molar-refractivity contribution < 1.29 is 18.7 Å². The monoisotopic (exact) mass is 658 g/mol. The third-order valence-electron chi connectivity index (χ3n) is 8.02. The van der Waals surface area contributed by atoms with Gasteiger partial charge in [0.1, 0.15) is 5.82 Å². The third-order valence-corrected chi connectivity index (χ3v) is 9.24. The number of esters is 1. The van der Waals surface area contributed by atoms with Crippen molar-refractivity contribution in [1.82, 2.24) is 4.90 Å². The molecule has 1 amide bonds. The number of thioether (sulfide) groups is 1. The van der Waals surface area contributed by atoms with E-state index in [2.05, 4.69) is 33.1 Å². The number of carbonyl (C=O) groups is 2. The molecule has 234 valence electrons. The molecule has 7 nitrogen and oxygen atoms in total. The number of rotatable bonds is 13. The van der Waals surface area contributed by atoms with E-state index in [1.807, 2.05) is 13.1 Å². The summed E-state index contributed by atoms with van der Waals surface area (Å²) in [6, 6.07) is 16.5. The van der Waals surface area contributed by atoms with Crippen LogP contribution in [0, 0.1) is 5.82 Å². The Morgan fingerprint density at radius 3 is 2.66 bits per heavy atom. The molecule has 0 bridgehead atoms. The van der Waals surface area contributed by atoms with E-state index < -0.39 is 23.7 Å². The van der Waals surface area contributed by atoms with Gasteiger partial charge in [0.25, 0.3) is 0 Å². The number of carbonyl (C=O) groups excluding carboxylic acids is 2. The average molecular weight is 660 g/mol. The molecular weight excluding hydrogens is 622 g/mol. The van der Waals surface area contributed by atoms with Gasteiger partial charge in [-0.2, -0.15) is 11.8 Å². The van der Waals surface area contributed by atoms with Crippen LogP contribution >= 0.6 is 35.0 Å². The van der Waals surface area contributed by atoms with Crippen LogP contribution in [0.1, 0.15) is 41.1 Å². The molecule has 4 rings (SSSR count). The van der Waals surface area contributed by atoms with Crippen molar-refractivity contribution in [3.05, 3.63) is 87.7 Å². The molecule has 3 aromatic carbocycles. The first kappa shape index (κ1) is 33.8. The first-order valence-corrected chi connectivity index (χ1v) is 16.5. The lowest BCUT2D eigenvalue weighted by molar-refractivity contribution is -0.121. The molecular formula is C33H37Cl2FN4O3S. The Morgan fingerprint density at radius 2 is 1.95 bits per heavy atom. The van der Waals surface area contributed by atoms with Crippen molar-refractivity contribution in [2.24, 2.45) is 4.99 Å². The summed E-state index contributed by atoms with van der Waals surface area (Å²) >= 11 is 14.2. The molecule has 0 aromatic heterocycles. The summed E-state index contributed by atoms with van der Waals surface area (Å²) < 4.78 is 20.3. The molecule has 0 saturated carbocycles. The lowest BCUT2D eigenvalue weighted by Crippen LogP contribution is -2.46. The van der Waals surface area contributed by atoms with Gasteiger partial charge in [-0.1, -0.05) is 41.4 Å². The summed E-state index contributed by atoms with van der Waals surface area (Å²) in [4.78, 5) is 34.5. The van der Waals surface area contributed by atoms with Gasteiger partial charge in [0.2, 0.25) is 5.91 Å². The highest BCUT2D eigenvalue weighted by Crippen LogP contribution is 2.42. The molecule has 3 atom stereocenters. The van der Waals surface area contributed by atoms with Crippen molar-refractivity contribution in [3.8, 4) is 0 Å². The summed E-state index contributed by atoms with van der Waals surface area (Å²) in [5.74, 6) is -0.635. The molecule has 44 heavy (non-hydrogen) atoms. The predicted molar refractivity (Wildman–Crippen MR) is 181 cm³/mol. The molecule has 1 heterocycles. The standard InChI is InChI=1S/C33H37Cl2FN4O3S/c1-37-28-18-21(33(42)43-3)12-13-29(28)39(2)16-14-24-20-26(25-10-6-11-27(35)30(25)36)31(40(24)15-7-17-44-4)32(41)38-23-9-5-8-22(34)19-23/h5-6,8-13,18-19,24,26,31H,1,7,14-17,20H2,2-4H3,(H,38,41)/t24-,26?,31?/m0/s1. The minimum atomic E-state index is -0.621. The molecule has 0 radical (unpaired) electrons. The molecule has 1 saturated heterocycles. The zero-order chi connectivity index (χ0) is 31.8. The largest absolute Gasteiger partial charge is 0.465 e. The van der Waals surface area contributed by atoms with Crippen LogP contribution in [0.25, 0.3) is 0 Å². The smallest absolute Gasteiger partial charge is 0.337 e. The highest BCUT2D eigenvalue weighted by Gasteiger charge is 2.46. The molecule has 0 spiro atoms. The summed E-state index contributed by atoms with van der Waals surface area (Å²) in [7, 11) is 3.29. The average Bonchev–Trinajstić information content (AvgIpc) is 3.38. The Balaban J connectivity index is 1.64. The summed E-state index contributed by atoms with van der Waals surface area (Å²) in [6.45, 7) is 4.98. The number of methoxy groups -OCH3 is 1. The zero-order valence-corrected chi connectivity index (χ0v) is 27.4. The van der Waals surface area contributed by atoms with Crippen LogP contribution in [-0.2, 0) is 9.53 Å².